The molecule has 1 fully saturated rings. The van der Waals surface area contributed by atoms with Crippen LogP contribution in [0, 0.1) is 0 Å². The summed E-state index contributed by atoms with van der Waals surface area (Å²) in [7, 11) is 1.86. The smallest absolute Gasteiger partial charge is 0.191 e. The van der Waals surface area contributed by atoms with Gasteiger partial charge in [0.1, 0.15) is 5.75 Å². The van der Waals surface area contributed by atoms with E-state index in [1.165, 1.54) is 36.1 Å². The van der Waals surface area contributed by atoms with Crippen LogP contribution in [0.15, 0.2) is 23.2 Å². The highest BCUT2D eigenvalue weighted by Gasteiger charge is 2.25. The summed E-state index contributed by atoms with van der Waals surface area (Å²) in [5.74, 6) is 3.22. The molecule has 1 aliphatic carbocycles. The molecule has 1 heterocycles. The van der Waals surface area contributed by atoms with E-state index in [2.05, 4.69) is 52.5 Å². The van der Waals surface area contributed by atoms with Crippen molar-refractivity contribution in [3.05, 3.63) is 29.3 Å². The van der Waals surface area contributed by atoms with Crippen LogP contribution in [0.2, 0.25) is 0 Å². The number of nitrogens with one attached hydrogen (secondary N) is 2. The van der Waals surface area contributed by atoms with Crippen molar-refractivity contribution < 1.29 is 4.74 Å². The molecule has 0 radical (unpaired) electrons. The second kappa shape index (κ2) is 10.5. The van der Waals surface area contributed by atoms with Crippen molar-refractivity contribution in [2.45, 2.75) is 50.3 Å². The maximum atomic E-state index is 5.57. The van der Waals surface area contributed by atoms with E-state index in [4.69, 9.17) is 4.74 Å². The minimum atomic E-state index is 0. The number of guanidine groups is 1. The highest BCUT2D eigenvalue weighted by molar-refractivity contribution is 14.0. The van der Waals surface area contributed by atoms with E-state index in [9.17, 15) is 0 Å². The Morgan fingerprint density at radius 2 is 2.24 bits per heavy atom. The summed E-state index contributed by atoms with van der Waals surface area (Å²) < 4.78 is 5.57. The normalized spacial score (nSPS) is 22.1. The molecule has 0 amide bonds. The minimum Gasteiger partial charge on any atom is -0.493 e. The summed E-state index contributed by atoms with van der Waals surface area (Å²) in [4.78, 5) is 4.38. The molecule has 0 saturated heterocycles. The number of aliphatic imine (C=N–C) groups is 1. The molecule has 2 aliphatic rings. The SMILES string of the molecule is CCSC1CCC(NC(=NC)NCCc2ccc3c(c2)CCO3)C1.I. The summed E-state index contributed by atoms with van der Waals surface area (Å²) in [5.41, 5.74) is 2.71. The van der Waals surface area contributed by atoms with E-state index >= 15 is 0 Å². The third-order valence-corrected chi connectivity index (χ3v) is 6.04. The van der Waals surface area contributed by atoms with Crippen LogP contribution in [0.5, 0.6) is 5.75 Å². The zero-order valence-corrected chi connectivity index (χ0v) is 18.4. The van der Waals surface area contributed by atoms with Crippen molar-refractivity contribution in [2.24, 2.45) is 4.99 Å². The van der Waals surface area contributed by atoms with Gasteiger partial charge in [0.05, 0.1) is 6.61 Å². The fourth-order valence-corrected chi connectivity index (χ4v) is 4.71. The van der Waals surface area contributed by atoms with Crippen molar-refractivity contribution in [3.63, 3.8) is 0 Å². The fourth-order valence-electron chi connectivity index (χ4n) is 3.57. The molecule has 2 atom stereocenters. The van der Waals surface area contributed by atoms with Crippen LogP contribution in [-0.2, 0) is 12.8 Å². The monoisotopic (exact) mass is 475 g/mol. The third kappa shape index (κ3) is 5.94. The van der Waals surface area contributed by atoms with E-state index in [1.807, 2.05) is 7.05 Å². The molecule has 1 aromatic rings. The summed E-state index contributed by atoms with van der Waals surface area (Å²) in [6, 6.07) is 7.13. The van der Waals surface area contributed by atoms with Gasteiger partial charge in [-0.15, -0.1) is 24.0 Å². The number of thioether (sulfide) groups is 1. The molecular weight excluding hydrogens is 445 g/mol. The van der Waals surface area contributed by atoms with E-state index in [0.717, 1.165) is 43.0 Å². The lowest BCUT2D eigenvalue weighted by Crippen LogP contribution is -2.43. The largest absolute Gasteiger partial charge is 0.493 e. The molecule has 3 rings (SSSR count). The lowest BCUT2D eigenvalue weighted by Gasteiger charge is -2.17. The van der Waals surface area contributed by atoms with E-state index < -0.39 is 0 Å². The van der Waals surface area contributed by atoms with Gasteiger partial charge in [-0.3, -0.25) is 4.99 Å². The third-order valence-electron chi connectivity index (χ3n) is 4.81. The van der Waals surface area contributed by atoms with Gasteiger partial charge >= 0.3 is 0 Å². The predicted octanol–water partition coefficient (Wildman–Crippen LogP) is 3.62. The molecule has 1 aromatic carbocycles. The number of hydrogen-bond donors (Lipinski definition) is 2. The zero-order valence-electron chi connectivity index (χ0n) is 15.2. The van der Waals surface area contributed by atoms with E-state index in [-0.39, 0.29) is 24.0 Å². The van der Waals surface area contributed by atoms with Crippen LogP contribution in [0.3, 0.4) is 0 Å². The first kappa shape index (κ1) is 20.7. The van der Waals surface area contributed by atoms with Gasteiger partial charge in [0.15, 0.2) is 5.96 Å². The number of hydrogen-bond acceptors (Lipinski definition) is 3. The van der Waals surface area contributed by atoms with E-state index in [0.29, 0.717) is 6.04 Å². The fraction of sp³-hybridized carbons (Fsp3) is 0.632. The van der Waals surface area contributed by atoms with Crippen LogP contribution in [0.4, 0.5) is 0 Å². The zero-order chi connectivity index (χ0) is 16.8. The van der Waals surface area contributed by atoms with Gasteiger partial charge in [-0.05, 0) is 48.6 Å². The topological polar surface area (TPSA) is 45.7 Å². The second-order valence-corrected chi connectivity index (χ2v) is 8.10. The minimum absolute atomic E-state index is 0. The summed E-state index contributed by atoms with van der Waals surface area (Å²) in [6.45, 7) is 3.97. The molecular formula is C19H30IN3OS. The molecule has 1 saturated carbocycles. The Labute approximate surface area is 173 Å². The number of rotatable bonds is 6. The standard InChI is InChI=1S/C19H29N3OS.HI/c1-3-24-17-6-5-16(13-17)22-19(20-2)21-10-8-14-4-7-18-15(12-14)9-11-23-18;/h4,7,12,16-17H,3,5-6,8-11,13H2,1-2H3,(H2,20,21,22);1H. The highest BCUT2D eigenvalue weighted by Crippen LogP contribution is 2.29. The van der Waals surface area contributed by atoms with Crippen LogP contribution >= 0.6 is 35.7 Å². The van der Waals surface area contributed by atoms with Crippen molar-refractivity contribution in [3.8, 4) is 5.75 Å². The van der Waals surface area contributed by atoms with Gasteiger partial charge in [-0.1, -0.05) is 19.1 Å². The van der Waals surface area contributed by atoms with Gasteiger partial charge in [0, 0.05) is 31.3 Å². The van der Waals surface area contributed by atoms with Gasteiger partial charge in [-0.25, -0.2) is 0 Å². The van der Waals surface area contributed by atoms with Crippen LogP contribution < -0.4 is 15.4 Å². The molecule has 6 heteroatoms. The average molecular weight is 475 g/mol. The number of benzene rings is 1. The first-order chi connectivity index (χ1) is 11.8. The lowest BCUT2D eigenvalue weighted by molar-refractivity contribution is 0.357. The Morgan fingerprint density at radius 3 is 3.04 bits per heavy atom. The van der Waals surface area contributed by atoms with Crippen molar-refractivity contribution in [1.29, 1.82) is 0 Å². The molecule has 0 bridgehead atoms. The first-order valence-corrected chi connectivity index (χ1v) is 10.2. The Balaban J connectivity index is 0.00000225. The molecule has 140 valence electrons. The van der Waals surface area contributed by atoms with Crippen molar-refractivity contribution in [2.75, 3.05) is 26.0 Å². The van der Waals surface area contributed by atoms with Crippen molar-refractivity contribution >= 4 is 41.7 Å². The molecule has 0 spiro atoms. The predicted molar refractivity (Wildman–Crippen MR) is 119 cm³/mol. The quantitative estimate of drug-likeness (QED) is 0.375. The molecule has 1 aliphatic heterocycles. The average Bonchev–Trinajstić information content (AvgIpc) is 3.23. The molecule has 2 N–H and O–H groups in total. The molecule has 2 unspecified atom stereocenters. The maximum Gasteiger partial charge on any atom is 0.191 e. The van der Waals surface area contributed by atoms with Crippen LogP contribution in [0.25, 0.3) is 0 Å². The van der Waals surface area contributed by atoms with Gasteiger partial charge < -0.3 is 15.4 Å². The van der Waals surface area contributed by atoms with Gasteiger partial charge in [-0.2, -0.15) is 11.8 Å². The Kier molecular flexibility index (Phi) is 8.69. The Bertz CT molecular complexity index is 582. The number of halogens is 1. The van der Waals surface area contributed by atoms with Gasteiger partial charge in [0.2, 0.25) is 0 Å². The molecule has 0 aromatic heterocycles. The van der Waals surface area contributed by atoms with Gasteiger partial charge in [0.25, 0.3) is 0 Å². The van der Waals surface area contributed by atoms with Crippen LogP contribution in [-0.4, -0.2) is 43.2 Å². The number of fused-ring (bicyclic) bond motifs is 1. The summed E-state index contributed by atoms with van der Waals surface area (Å²) in [5, 5.41) is 7.87. The summed E-state index contributed by atoms with van der Waals surface area (Å²) in [6.07, 6.45) is 5.88. The summed E-state index contributed by atoms with van der Waals surface area (Å²) >= 11 is 2.09. The molecule has 25 heavy (non-hydrogen) atoms. The second-order valence-electron chi connectivity index (χ2n) is 6.52. The lowest BCUT2D eigenvalue weighted by atomic mass is 10.1. The first-order valence-electron chi connectivity index (χ1n) is 9.12. The Hall–Kier alpha value is -0.630. The number of nitrogens with zero attached hydrogens (tertiary/aromatic N) is 1. The van der Waals surface area contributed by atoms with Crippen molar-refractivity contribution in [1.82, 2.24) is 10.6 Å². The van der Waals surface area contributed by atoms with Crippen LogP contribution in [0.1, 0.15) is 37.3 Å². The maximum absolute atomic E-state index is 5.57. The number of ether oxygens (including phenoxy) is 1. The highest BCUT2D eigenvalue weighted by atomic mass is 127. The molecule has 4 nitrogen and oxygen atoms in total. The van der Waals surface area contributed by atoms with E-state index in [1.54, 1.807) is 0 Å². The Morgan fingerprint density at radius 1 is 1.36 bits per heavy atom.